The van der Waals surface area contributed by atoms with E-state index in [1.54, 1.807) is 19.2 Å². The number of halogens is 2. The molecule has 1 aliphatic carbocycles. The number of anilines is 1. The van der Waals surface area contributed by atoms with Gasteiger partial charge >= 0.3 is 5.97 Å². The average Bonchev–Trinajstić information content (AvgIpc) is 3.54. The van der Waals surface area contributed by atoms with Gasteiger partial charge in [0.15, 0.2) is 0 Å². The standard InChI is InChI=1S/C26H30F2N2O5Si/c1-14(31)35-22-13-19(22)26(33)30-9-8-15-10-17(34-2)6-7-18(15)23(30)25(32)29-16-11-20(27)24(21(28)12-16)36(3,4)5/h6-7,10-12,19,22-23H,8-9,13H2,1-5H3,(H,29,32)/t19-,22+,23-/m1/s1. The number of hydrogen-bond donors (Lipinski definition) is 1. The summed E-state index contributed by atoms with van der Waals surface area (Å²) in [7, 11) is -0.746. The summed E-state index contributed by atoms with van der Waals surface area (Å²) < 4.78 is 40.1. The lowest BCUT2D eigenvalue weighted by Crippen LogP contribution is -2.46. The Kier molecular flexibility index (Phi) is 6.92. The van der Waals surface area contributed by atoms with E-state index in [4.69, 9.17) is 9.47 Å². The Bertz CT molecular complexity index is 1210. The van der Waals surface area contributed by atoms with Crippen LogP contribution in [0.3, 0.4) is 0 Å². The monoisotopic (exact) mass is 516 g/mol. The van der Waals surface area contributed by atoms with Gasteiger partial charge in [-0.1, -0.05) is 25.7 Å². The van der Waals surface area contributed by atoms with Crippen molar-refractivity contribution in [3.8, 4) is 5.75 Å². The zero-order valence-corrected chi connectivity index (χ0v) is 22.0. The van der Waals surface area contributed by atoms with Gasteiger partial charge in [0.1, 0.15) is 29.5 Å². The summed E-state index contributed by atoms with van der Waals surface area (Å²) in [6.45, 7) is 7.06. The number of amides is 2. The van der Waals surface area contributed by atoms with Gasteiger partial charge in [0.05, 0.1) is 21.1 Å². The minimum atomic E-state index is -2.29. The molecule has 3 atom stereocenters. The topological polar surface area (TPSA) is 84.9 Å². The summed E-state index contributed by atoms with van der Waals surface area (Å²) in [5.74, 6) is -2.65. The summed E-state index contributed by atoms with van der Waals surface area (Å²) in [5.41, 5.74) is 1.43. The van der Waals surface area contributed by atoms with Gasteiger partial charge in [0.25, 0.3) is 5.91 Å². The molecule has 2 amide bonds. The molecule has 4 rings (SSSR count). The lowest BCUT2D eigenvalue weighted by Gasteiger charge is -2.36. The summed E-state index contributed by atoms with van der Waals surface area (Å²) >= 11 is 0. The van der Waals surface area contributed by atoms with Crippen LogP contribution in [0.15, 0.2) is 30.3 Å². The van der Waals surface area contributed by atoms with Gasteiger partial charge in [-0.3, -0.25) is 14.4 Å². The number of benzene rings is 2. The maximum absolute atomic E-state index is 14.8. The van der Waals surface area contributed by atoms with Crippen molar-refractivity contribution in [1.82, 2.24) is 4.90 Å². The number of fused-ring (bicyclic) bond motifs is 1. The number of nitrogens with zero attached hydrogens (tertiary/aromatic N) is 1. The van der Waals surface area contributed by atoms with Crippen LogP contribution in [0.4, 0.5) is 14.5 Å². The molecule has 1 aliphatic heterocycles. The Morgan fingerprint density at radius 3 is 2.33 bits per heavy atom. The van der Waals surface area contributed by atoms with E-state index in [1.807, 2.05) is 25.7 Å². The van der Waals surface area contributed by atoms with Gasteiger partial charge in [-0.15, -0.1) is 0 Å². The Morgan fingerprint density at radius 1 is 1.08 bits per heavy atom. The number of ether oxygens (including phenoxy) is 2. The predicted molar refractivity (Wildman–Crippen MR) is 133 cm³/mol. The summed E-state index contributed by atoms with van der Waals surface area (Å²) in [6, 6.07) is 6.47. The van der Waals surface area contributed by atoms with E-state index in [9.17, 15) is 23.2 Å². The smallest absolute Gasteiger partial charge is 0.302 e. The third-order valence-corrected chi connectivity index (χ3v) is 8.51. The van der Waals surface area contributed by atoms with Crippen LogP contribution >= 0.6 is 0 Å². The van der Waals surface area contributed by atoms with E-state index in [-0.39, 0.29) is 23.3 Å². The molecule has 0 bridgehead atoms. The molecule has 36 heavy (non-hydrogen) atoms. The molecule has 0 unspecified atom stereocenters. The molecule has 0 spiro atoms. The summed E-state index contributed by atoms with van der Waals surface area (Å²) in [6.07, 6.45) is 0.391. The molecule has 10 heteroatoms. The predicted octanol–water partition coefficient (Wildman–Crippen LogP) is 3.53. The molecule has 192 valence electrons. The molecular weight excluding hydrogens is 486 g/mol. The van der Waals surface area contributed by atoms with Crippen molar-refractivity contribution in [2.75, 3.05) is 19.0 Å². The van der Waals surface area contributed by atoms with Crippen LogP contribution in [-0.4, -0.2) is 50.5 Å². The summed E-state index contributed by atoms with van der Waals surface area (Å²) in [4.78, 5) is 39.6. The third-order valence-electron chi connectivity index (χ3n) is 6.54. The van der Waals surface area contributed by atoms with Crippen molar-refractivity contribution >= 4 is 36.7 Å². The number of hydrogen-bond acceptors (Lipinski definition) is 5. The van der Waals surface area contributed by atoms with Gasteiger partial charge < -0.3 is 19.7 Å². The van der Waals surface area contributed by atoms with Gasteiger partial charge in [0.2, 0.25) is 5.91 Å². The third kappa shape index (κ3) is 5.13. The van der Waals surface area contributed by atoms with Gasteiger partial charge in [-0.05, 0) is 41.8 Å². The highest BCUT2D eigenvalue weighted by molar-refractivity contribution is 6.88. The minimum Gasteiger partial charge on any atom is -0.497 e. The second-order valence-electron chi connectivity index (χ2n) is 10.3. The number of carbonyl (C=O) groups excluding carboxylic acids is 3. The van der Waals surface area contributed by atoms with Gasteiger partial charge in [-0.25, -0.2) is 8.78 Å². The Labute approximate surface area is 209 Å². The van der Waals surface area contributed by atoms with Crippen molar-refractivity contribution in [2.45, 2.75) is 51.6 Å². The highest BCUT2D eigenvalue weighted by Crippen LogP contribution is 2.40. The quantitative estimate of drug-likeness (QED) is 0.469. The second kappa shape index (κ2) is 9.65. The van der Waals surface area contributed by atoms with Crippen molar-refractivity contribution in [3.05, 3.63) is 53.1 Å². The number of carbonyl (C=O) groups is 3. The lowest BCUT2D eigenvalue weighted by atomic mass is 9.91. The maximum Gasteiger partial charge on any atom is 0.302 e. The Hall–Kier alpha value is -3.27. The van der Waals surface area contributed by atoms with E-state index in [2.05, 4.69) is 5.32 Å². The van der Waals surface area contributed by atoms with Crippen LogP contribution in [-0.2, 0) is 25.5 Å². The van der Waals surface area contributed by atoms with Crippen molar-refractivity contribution in [3.63, 3.8) is 0 Å². The molecule has 1 heterocycles. The zero-order chi connectivity index (χ0) is 26.4. The first-order chi connectivity index (χ1) is 16.9. The van der Waals surface area contributed by atoms with E-state index < -0.39 is 49.6 Å². The van der Waals surface area contributed by atoms with Gasteiger partial charge in [-0.2, -0.15) is 0 Å². The fourth-order valence-corrected chi connectivity index (χ4v) is 6.39. The normalized spacial score (nSPS) is 20.9. The molecule has 0 radical (unpaired) electrons. The number of nitrogens with one attached hydrogen (secondary N) is 1. The van der Waals surface area contributed by atoms with Crippen LogP contribution < -0.4 is 15.2 Å². The van der Waals surface area contributed by atoms with E-state index in [0.717, 1.165) is 17.7 Å². The fraction of sp³-hybridized carbons (Fsp3) is 0.423. The molecule has 2 aromatic carbocycles. The highest BCUT2D eigenvalue weighted by atomic mass is 28.3. The van der Waals surface area contributed by atoms with Crippen molar-refractivity contribution < 1.29 is 32.6 Å². The van der Waals surface area contributed by atoms with E-state index in [0.29, 0.717) is 24.2 Å². The zero-order valence-electron chi connectivity index (χ0n) is 21.0. The molecule has 0 aromatic heterocycles. The molecule has 1 saturated carbocycles. The van der Waals surface area contributed by atoms with Crippen LogP contribution in [0.5, 0.6) is 5.75 Å². The second-order valence-corrected chi connectivity index (χ2v) is 15.3. The van der Waals surface area contributed by atoms with E-state index in [1.165, 1.54) is 11.8 Å². The number of rotatable bonds is 6. The summed E-state index contributed by atoms with van der Waals surface area (Å²) in [5, 5.41) is 2.68. The minimum absolute atomic E-state index is 0.0192. The SMILES string of the molecule is COc1ccc2c(c1)CCN(C(=O)[C@@H]1C[C@@H]1OC(C)=O)[C@H]2C(=O)Nc1cc(F)c([Si](C)(C)C)c(F)c1. The molecular formula is C26H30F2N2O5Si. The first kappa shape index (κ1) is 25.8. The largest absolute Gasteiger partial charge is 0.497 e. The molecule has 2 aliphatic rings. The molecule has 1 fully saturated rings. The Balaban J connectivity index is 1.65. The lowest BCUT2D eigenvalue weighted by molar-refractivity contribution is -0.146. The Morgan fingerprint density at radius 2 is 1.75 bits per heavy atom. The molecule has 7 nitrogen and oxygen atoms in total. The van der Waals surface area contributed by atoms with Crippen LogP contribution in [0.25, 0.3) is 0 Å². The van der Waals surface area contributed by atoms with Crippen molar-refractivity contribution in [1.29, 1.82) is 0 Å². The maximum atomic E-state index is 14.8. The highest BCUT2D eigenvalue weighted by Gasteiger charge is 2.50. The fourth-order valence-electron chi connectivity index (χ4n) is 4.81. The van der Waals surface area contributed by atoms with Crippen LogP contribution in [0.1, 0.15) is 30.5 Å². The van der Waals surface area contributed by atoms with Crippen LogP contribution in [0.2, 0.25) is 19.6 Å². The molecule has 0 saturated heterocycles. The van der Waals surface area contributed by atoms with Gasteiger partial charge in [0, 0.05) is 30.8 Å². The van der Waals surface area contributed by atoms with E-state index >= 15 is 0 Å². The van der Waals surface area contributed by atoms with Crippen LogP contribution in [0, 0.1) is 17.6 Å². The average molecular weight is 517 g/mol. The van der Waals surface area contributed by atoms with Crippen molar-refractivity contribution in [2.24, 2.45) is 5.92 Å². The number of methoxy groups -OCH3 is 1. The first-order valence-corrected chi connectivity index (χ1v) is 15.4. The number of esters is 1. The molecule has 1 N–H and O–H groups in total. The molecule has 2 aromatic rings. The first-order valence-electron chi connectivity index (χ1n) is 11.9.